The fraction of sp³-hybridized carbons (Fsp3) is 0.750. The monoisotopic (exact) mass is 358 g/mol. The molecule has 0 bridgehead atoms. The Balaban J connectivity index is 1.37. The van der Waals surface area contributed by atoms with Crippen molar-refractivity contribution in [2.75, 3.05) is 26.7 Å². The van der Waals surface area contributed by atoms with E-state index in [1.165, 1.54) is 12.8 Å². The molecule has 0 N–H and O–H groups in total. The summed E-state index contributed by atoms with van der Waals surface area (Å²) in [5.74, 6) is 0.761. The van der Waals surface area contributed by atoms with Crippen LogP contribution in [0.2, 0.25) is 0 Å². The Morgan fingerprint density at radius 1 is 1.04 bits per heavy atom. The van der Waals surface area contributed by atoms with E-state index < -0.39 is 0 Å². The van der Waals surface area contributed by atoms with Gasteiger partial charge in [0.1, 0.15) is 0 Å². The average Bonchev–Trinajstić information content (AvgIpc) is 2.65. The molecule has 4 rings (SSSR count). The molecule has 6 nitrogen and oxygen atoms in total. The highest BCUT2D eigenvalue weighted by Gasteiger charge is 2.33. The number of rotatable bonds is 3. The number of likely N-dealkylation sites (N-methyl/N-ethyl adjacent to an activating group) is 1. The van der Waals surface area contributed by atoms with Crippen molar-refractivity contribution >= 4 is 5.91 Å². The Labute approximate surface area is 155 Å². The van der Waals surface area contributed by atoms with Crippen molar-refractivity contribution in [3.63, 3.8) is 0 Å². The van der Waals surface area contributed by atoms with Gasteiger partial charge in [-0.15, -0.1) is 0 Å². The predicted molar refractivity (Wildman–Crippen MR) is 100 cm³/mol. The second-order valence-corrected chi connectivity index (χ2v) is 8.24. The van der Waals surface area contributed by atoms with Crippen molar-refractivity contribution < 1.29 is 4.79 Å². The van der Waals surface area contributed by atoms with E-state index in [1.807, 2.05) is 18.0 Å². The van der Waals surface area contributed by atoms with E-state index in [9.17, 15) is 9.59 Å². The first kappa shape index (κ1) is 17.7. The third-order valence-electron chi connectivity index (χ3n) is 6.43. The van der Waals surface area contributed by atoms with Crippen LogP contribution >= 0.6 is 0 Å². The van der Waals surface area contributed by atoms with Gasteiger partial charge in [0.2, 0.25) is 5.91 Å². The Morgan fingerprint density at radius 2 is 1.81 bits per heavy atom. The van der Waals surface area contributed by atoms with Crippen LogP contribution < -0.4 is 5.56 Å². The van der Waals surface area contributed by atoms with E-state index >= 15 is 0 Å². The van der Waals surface area contributed by atoms with Crippen molar-refractivity contribution in [2.24, 2.45) is 5.92 Å². The molecule has 3 heterocycles. The Morgan fingerprint density at radius 3 is 2.62 bits per heavy atom. The van der Waals surface area contributed by atoms with Crippen LogP contribution in [0.25, 0.3) is 0 Å². The first-order valence-electron chi connectivity index (χ1n) is 10.2. The molecule has 1 unspecified atom stereocenters. The summed E-state index contributed by atoms with van der Waals surface area (Å²) in [6, 6.07) is 1.88. The Bertz CT molecular complexity index is 721. The zero-order valence-corrected chi connectivity index (χ0v) is 15.8. The maximum absolute atomic E-state index is 12.4. The molecule has 1 atom stereocenters. The summed E-state index contributed by atoms with van der Waals surface area (Å²) in [4.78, 5) is 29.0. The number of aromatic nitrogens is 2. The normalized spacial score (nSPS) is 25.3. The lowest BCUT2D eigenvalue weighted by molar-refractivity contribution is -0.139. The molecule has 3 aliphatic rings. The van der Waals surface area contributed by atoms with Gasteiger partial charge in [0.15, 0.2) is 0 Å². The lowest BCUT2D eigenvalue weighted by Crippen LogP contribution is -2.53. The standard InChI is InChI=1S/C20H30N4O2/c1-22-10-4-7-18(20(22)26)23-11-8-15(9-12-23)14-24-19(25)13-16-5-2-3-6-17(16)21-24/h13,15,18H,2-12,14H2,1H3. The van der Waals surface area contributed by atoms with Crippen LogP contribution in [0.1, 0.15) is 49.8 Å². The van der Waals surface area contributed by atoms with Gasteiger partial charge in [-0.3, -0.25) is 14.5 Å². The zero-order valence-electron chi connectivity index (χ0n) is 15.8. The largest absolute Gasteiger partial charge is 0.344 e. The van der Waals surface area contributed by atoms with E-state index in [0.717, 1.165) is 76.0 Å². The minimum Gasteiger partial charge on any atom is -0.344 e. The summed E-state index contributed by atoms with van der Waals surface area (Å²) in [6.07, 6.45) is 8.52. The van der Waals surface area contributed by atoms with Crippen LogP contribution in [0.5, 0.6) is 0 Å². The minimum absolute atomic E-state index is 0.0529. The molecule has 0 radical (unpaired) electrons. The van der Waals surface area contributed by atoms with E-state index in [1.54, 1.807) is 4.68 Å². The van der Waals surface area contributed by atoms with Gasteiger partial charge in [0.05, 0.1) is 11.7 Å². The summed E-state index contributed by atoms with van der Waals surface area (Å²) in [5.41, 5.74) is 2.34. The van der Waals surface area contributed by atoms with Crippen molar-refractivity contribution in [2.45, 2.75) is 64.0 Å². The van der Waals surface area contributed by atoms with Crippen molar-refractivity contribution in [1.29, 1.82) is 0 Å². The summed E-state index contributed by atoms with van der Waals surface area (Å²) in [5, 5.41) is 4.67. The van der Waals surface area contributed by atoms with E-state index in [0.29, 0.717) is 5.92 Å². The molecule has 1 aromatic rings. The van der Waals surface area contributed by atoms with Crippen LogP contribution in [0.15, 0.2) is 10.9 Å². The summed E-state index contributed by atoms with van der Waals surface area (Å²) >= 11 is 0. The molecule has 0 aromatic carbocycles. The number of fused-ring (bicyclic) bond motifs is 1. The van der Waals surface area contributed by atoms with E-state index in [2.05, 4.69) is 10.00 Å². The first-order valence-corrected chi connectivity index (χ1v) is 10.2. The fourth-order valence-corrected chi connectivity index (χ4v) is 4.77. The van der Waals surface area contributed by atoms with Gasteiger partial charge in [-0.25, -0.2) is 4.68 Å². The van der Waals surface area contributed by atoms with Gasteiger partial charge < -0.3 is 4.90 Å². The molecule has 1 aliphatic carbocycles. The third kappa shape index (κ3) is 3.56. The van der Waals surface area contributed by atoms with Crippen molar-refractivity contribution in [3.05, 3.63) is 27.7 Å². The first-order chi connectivity index (χ1) is 12.6. The molecule has 2 fully saturated rings. The van der Waals surface area contributed by atoms with E-state index in [-0.39, 0.29) is 17.5 Å². The van der Waals surface area contributed by atoms with Crippen LogP contribution in [-0.4, -0.2) is 58.2 Å². The number of carbonyl (C=O) groups is 1. The van der Waals surface area contributed by atoms with Gasteiger partial charge in [-0.2, -0.15) is 5.10 Å². The number of amides is 1. The van der Waals surface area contributed by atoms with Crippen molar-refractivity contribution in [3.8, 4) is 0 Å². The Hall–Kier alpha value is -1.69. The molecular weight excluding hydrogens is 328 g/mol. The number of hydrogen-bond acceptors (Lipinski definition) is 4. The number of carbonyl (C=O) groups excluding carboxylic acids is 1. The second kappa shape index (κ2) is 7.51. The second-order valence-electron chi connectivity index (χ2n) is 8.24. The molecule has 2 saturated heterocycles. The smallest absolute Gasteiger partial charge is 0.267 e. The topological polar surface area (TPSA) is 58.4 Å². The van der Waals surface area contributed by atoms with Gasteiger partial charge in [0, 0.05) is 26.2 Å². The SMILES string of the molecule is CN1CCCC(N2CCC(Cn3nc4c(cc3=O)CCCC4)CC2)C1=O. The van der Waals surface area contributed by atoms with Gasteiger partial charge >= 0.3 is 0 Å². The highest BCUT2D eigenvalue weighted by molar-refractivity contribution is 5.82. The lowest BCUT2D eigenvalue weighted by atomic mass is 9.93. The number of aryl methyl sites for hydroxylation is 2. The summed E-state index contributed by atoms with van der Waals surface area (Å²) in [6.45, 7) is 3.51. The molecule has 26 heavy (non-hydrogen) atoms. The number of hydrogen-bond donors (Lipinski definition) is 0. The number of nitrogens with zero attached hydrogens (tertiary/aromatic N) is 4. The molecular formula is C20H30N4O2. The fourth-order valence-electron chi connectivity index (χ4n) is 4.77. The Kier molecular flexibility index (Phi) is 5.11. The zero-order chi connectivity index (χ0) is 18.1. The molecule has 1 amide bonds. The van der Waals surface area contributed by atoms with Crippen LogP contribution in [-0.2, 0) is 24.2 Å². The lowest BCUT2D eigenvalue weighted by Gasteiger charge is -2.40. The summed E-state index contributed by atoms with van der Waals surface area (Å²) in [7, 11) is 1.91. The molecule has 142 valence electrons. The molecule has 2 aliphatic heterocycles. The van der Waals surface area contributed by atoms with Crippen LogP contribution in [0, 0.1) is 5.92 Å². The average molecular weight is 358 g/mol. The van der Waals surface area contributed by atoms with E-state index in [4.69, 9.17) is 0 Å². The highest BCUT2D eigenvalue weighted by atomic mass is 16.2. The quantitative estimate of drug-likeness (QED) is 0.821. The predicted octanol–water partition coefficient (Wildman–Crippen LogP) is 1.45. The maximum atomic E-state index is 12.4. The van der Waals surface area contributed by atoms with Gasteiger partial charge in [-0.1, -0.05) is 0 Å². The number of piperidine rings is 2. The highest BCUT2D eigenvalue weighted by Crippen LogP contribution is 2.25. The molecule has 0 spiro atoms. The number of likely N-dealkylation sites (tertiary alicyclic amines) is 2. The third-order valence-corrected chi connectivity index (χ3v) is 6.43. The molecule has 0 saturated carbocycles. The van der Waals surface area contributed by atoms with Gasteiger partial charge in [-0.05, 0) is 75.9 Å². The molecule has 1 aromatic heterocycles. The summed E-state index contributed by atoms with van der Waals surface area (Å²) < 4.78 is 1.70. The maximum Gasteiger partial charge on any atom is 0.267 e. The van der Waals surface area contributed by atoms with Crippen LogP contribution in [0.4, 0.5) is 0 Å². The van der Waals surface area contributed by atoms with Crippen LogP contribution in [0.3, 0.4) is 0 Å². The van der Waals surface area contributed by atoms with Gasteiger partial charge in [0.25, 0.3) is 5.56 Å². The molecule has 6 heteroatoms. The minimum atomic E-state index is 0.0529. The van der Waals surface area contributed by atoms with Crippen molar-refractivity contribution in [1.82, 2.24) is 19.6 Å².